The summed E-state index contributed by atoms with van der Waals surface area (Å²) in [6.45, 7) is 2.50. The molecule has 1 fully saturated rings. The number of likely N-dealkylation sites (tertiary alicyclic amines) is 1. The molecule has 0 aromatic heterocycles. The van der Waals surface area contributed by atoms with Crippen LogP contribution in [0.2, 0.25) is 0 Å². The summed E-state index contributed by atoms with van der Waals surface area (Å²) in [5, 5.41) is 0. The van der Waals surface area contributed by atoms with Gasteiger partial charge >= 0.3 is 0 Å². The van der Waals surface area contributed by atoms with Gasteiger partial charge in [-0.1, -0.05) is 12.1 Å². The summed E-state index contributed by atoms with van der Waals surface area (Å²) >= 11 is 0. The Balaban J connectivity index is 1.91. The van der Waals surface area contributed by atoms with E-state index in [0.29, 0.717) is 6.04 Å². The molecular formula is C14H18FNO. The molecule has 1 heterocycles. The molecule has 92 valence electrons. The Kier molecular flexibility index (Phi) is 3.77. The summed E-state index contributed by atoms with van der Waals surface area (Å²) in [6, 6.07) is 7.06. The number of carbonyl (C=O) groups is 1. The molecule has 1 aromatic carbocycles. The Morgan fingerprint density at radius 3 is 3.06 bits per heavy atom. The van der Waals surface area contributed by atoms with Crippen LogP contribution in [0.1, 0.15) is 31.7 Å². The van der Waals surface area contributed by atoms with Crippen LogP contribution in [0.3, 0.4) is 0 Å². The summed E-state index contributed by atoms with van der Waals surface area (Å²) in [5.74, 6) is -0.0240. The van der Waals surface area contributed by atoms with Gasteiger partial charge in [0.05, 0.1) is 0 Å². The van der Waals surface area contributed by atoms with Crippen molar-refractivity contribution in [2.45, 2.75) is 38.6 Å². The highest BCUT2D eigenvalue weighted by Crippen LogP contribution is 2.21. The lowest BCUT2D eigenvalue weighted by atomic mass is 10.0. The fourth-order valence-corrected chi connectivity index (χ4v) is 2.58. The first-order valence-corrected chi connectivity index (χ1v) is 6.18. The first-order chi connectivity index (χ1) is 8.16. The van der Waals surface area contributed by atoms with Crippen LogP contribution >= 0.6 is 0 Å². The lowest BCUT2D eigenvalue weighted by Crippen LogP contribution is -2.33. The maximum absolute atomic E-state index is 13.0. The van der Waals surface area contributed by atoms with E-state index in [0.717, 1.165) is 37.8 Å². The number of benzene rings is 1. The fraction of sp³-hybridized carbons (Fsp3) is 0.500. The van der Waals surface area contributed by atoms with Crippen LogP contribution in [0.25, 0.3) is 0 Å². The molecule has 0 N–H and O–H groups in total. The highest BCUT2D eigenvalue weighted by molar-refractivity contribution is 5.73. The molecule has 1 aliphatic rings. The van der Waals surface area contributed by atoms with E-state index < -0.39 is 0 Å². The van der Waals surface area contributed by atoms with Gasteiger partial charge in [0.15, 0.2) is 0 Å². The van der Waals surface area contributed by atoms with Crippen molar-refractivity contribution in [1.29, 1.82) is 0 Å². The predicted molar refractivity (Wildman–Crippen MR) is 65.1 cm³/mol. The second kappa shape index (κ2) is 5.30. The monoisotopic (exact) mass is 235 g/mol. The highest BCUT2D eigenvalue weighted by Gasteiger charge is 2.25. The molecule has 0 radical (unpaired) electrons. The second-order valence-corrected chi connectivity index (χ2v) is 4.68. The number of hydrogen-bond acceptors (Lipinski definition) is 1. The molecule has 1 atom stereocenters. The van der Waals surface area contributed by atoms with Crippen LogP contribution in [0.15, 0.2) is 24.3 Å². The van der Waals surface area contributed by atoms with E-state index in [-0.39, 0.29) is 11.7 Å². The number of rotatable bonds is 3. The fourth-order valence-electron chi connectivity index (χ4n) is 2.58. The van der Waals surface area contributed by atoms with Crippen molar-refractivity contribution >= 4 is 5.91 Å². The molecule has 2 nitrogen and oxygen atoms in total. The SMILES string of the molecule is CC(=O)N1CCC[C@H]1CCc1cccc(F)c1. The molecule has 1 saturated heterocycles. The Hall–Kier alpha value is -1.38. The molecular weight excluding hydrogens is 217 g/mol. The highest BCUT2D eigenvalue weighted by atomic mass is 19.1. The summed E-state index contributed by atoms with van der Waals surface area (Å²) in [6.07, 6.45) is 3.94. The van der Waals surface area contributed by atoms with Crippen LogP contribution in [0.5, 0.6) is 0 Å². The van der Waals surface area contributed by atoms with Crippen molar-refractivity contribution in [2.24, 2.45) is 0 Å². The van der Waals surface area contributed by atoms with Crippen molar-refractivity contribution in [3.63, 3.8) is 0 Å². The number of hydrogen-bond donors (Lipinski definition) is 0. The minimum absolute atomic E-state index is 0.159. The van der Waals surface area contributed by atoms with E-state index in [4.69, 9.17) is 0 Å². The third-order valence-corrected chi connectivity index (χ3v) is 3.44. The smallest absolute Gasteiger partial charge is 0.219 e. The lowest BCUT2D eigenvalue weighted by molar-refractivity contribution is -0.129. The minimum atomic E-state index is -0.183. The zero-order valence-corrected chi connectivity index (χ0v) is 10.2. The van der Waals surface area contributed by atoms with E-state index in [1.165, 1.54) is 6.07 Å². The van der Waals surface area contributed by atoms with E-state index in [1.54, 1.807) is 19.1 Å². The Morgan fingerprint density at radius 1 is 1.53 bits per heavy atom. The van der Waals surface area contributed by atoms with Crippen LogP contribution in [-0.2, 0) is 11.2 Å². The van der Waals surface area contributed by atoms with Gasteiger partial charge in [-0.25, -0.2) is 4.39 Å². The van der Waals surface area contributed by atoms with Gasteiger partial charge in [-0.05, 0) is 43.4 Å². The quantitative estimate of drug-likeness (QED) is 0.789. The summed E-state index contributed by atoms with van der Waals surface area (Å²) < 4.78 is 13.0. The maximum atomic E-state index is 13.0. The van der Waals surface area contributed by atoms with Gasteiger partial charge in [-0.15, -0.1) is 0 Å². The first kappa shape index (κ1) is 12.1. The van der Waals surface area contributed by atoms with Crippen molar-refractivity contribution in [1.82, 2.24) is 4.90 Å². The Bertz CT molecular complexity index is 405. The van der Waals surface area contributed by atoms with E-state index in [2.05, 4.69) is 0 Å². The van der Waals surface area contributed by atoms with Gasteiger partial charge in [0, 0.05) is 19.5 Å². The molecule has 1 aromatic rings. The third-order valence-electron chi connectivity index (χ3n) is 3.44. The average Bonchev–Trinajstić information content (AvgIpc) is 2.74. The van der Waals surface area contributed by atoms with Crippen LogP contribution in [-0.4, -0.2) is 23.4 Å². The molecule has 2 rings (SSSR count). The number of halogens is 1. The summed E-state index contributed by atoms with van der Waals surface area (Å²) in [7, 11) is 0. The van der Waals surface area contributed by atoms with Crippen LogP contribution in [0.4, 0.5) is 4.39 Å². The second-order valence-electron chi connectivity index (χ2n) is 4.68. The van der Waals surface area contributed by atoms with Crippen molar-refractivity contribution in [3.05, 3.63) is 35.6 Å². The van der Waals surface area contributed by atoms with Crippen molar-refractivity contribution in [2.75, 3.05) is 6.54 Å². The minimum Gasteiger partial charge on any atom is -0.340 e. The van der Waals surface area contributed by atoms with Crippen LogP contribution in [0, 0.1) is 5.82 Å². The molecule has 0 bridgehead atoms. The number of amides is 1. The topological polar surface area (TPSA) is 20.3 Å². The first-order valence-electron chi connectivity index (χ1n) is 6.18. The maximum Gasteiger partial charge on any atom is 0.219 e. The molecule has 0 spiro atoms. The molecule has 1 amide bonds. The van der Waals surface area contributed by atoms with Gasteiger partial charge in [-0.3, -0.25) is 4.79 Å². The normalized spacial score (nSPS) is 19.6. The zero-order chi connectivity index (χ0) is 12.3. The third kappa shape index (κ3) is 3.05. The van der Waals surface area contributed by atoms with Gasteiger partial charge < -0.3 is 4.90 Å². The van der Waals surface area contributed by atoms with E-state index >= 15 is 0 Å². The summed E-state index contributed by atoms with van der Waals surface area (Å²) in [5.41, 5.74) is 1.01. The Labute approximate surface area is 101 Å². The number of aryl methyl sites for hydroxylation is 1. The predicted octanol–water partition coefficient (Wildman–Crippen LogP) is 2.77. The lowest BCUT2D eigenvalue weighted by Gasteiger charge is -2.23. The summed E-state index contributed by atoms with van der Waals surface area (Å²) in [4.78, 5) is 13.3. The molecule has 17 heavy (non-hydrogen) atoms. The Morgan fingerprint density at radius 2 is 2.35 bits per heavy atom. The van der Waals surface area contributed by atoms with Gasteiger partial charge in [0.1, 0.15) is 5.82 Å². The van der Waals surface area contributed by atoms with E-state index in [1.807, 2.05) is 11.0 Å². The molecule has 1 aliphatic heterocycles. The molecule has 3 heteroatoms. The van der Waals surface area contributed by atoms with Crippen molar-refractivity contribution in [3.8, 4) is 0 Å². The van der Waals surface area contributed by atoms with Crippen molar-refractivity contribution < 1.29 is 9.18 Å². The molecule has 0 unspecified atom stereocenters. The average molecular weight is 235 g/mol. The molecule has 0 saturated carbocycles. The molecule has 0 aliphatic carbocycles. The largest absolute Gasteiger partial charge is 0.340 e. The van der Waals surface area contributed by atoms with Gasteiger partial charge in [0.2, 0.25) is 5.91 Å². The number of carbonyl (C=O) groups excluding carboxylic acids is 1. The standard InChI is InChI=1S/C14H18FNO/c1-11(17)16-9-3-6-14(16)8-7-12-4-2-5-13(15)10-12/h2,4-5,10,14H,3,6-9H2,1H3/t14-/m0/s1. The van der Waals surface area contributed by atoms with Gasteiger partial charge in [0.25, 0.3) is 0 Å². The zero-order valence-electron chi connectivity index (χ0n) is 10.2. The van der Waals surface area contributed by atoms with Gasteiger partial charge in [-0.2, -0.15) is 0 Å². The number of nitrogens with zero attached hydrogens (tertiary/aromatic N) is 1. The van der Waals surface area contributed by atoms with Crippen LogP contribution < -0.4 is 0 Å². The van der Waals surface area contributed by atoms with E-state index in [9.17, 15) is 9.18 Å².